The number of ether oxygens (including phenoxy) is 2. The van der Waals surface area contributed by atoms with E-state index >= 15 is 0 Å². The number of rotatable bonds is 3. The van der Waals surface area contributed by atoms with Crippen molar-refractivity contribution in [2.45, 2.75) is 13.0 Å². The number of nitrogens with one attached hydrogen (secondary N) is 1. The van der Waals surface area contributed by atoms with Crippen LogP contribution >= 0.6 is 27.3 Å². The Bertz CT molecular complexity index is 626. The van der Waals surface area contributed by atoms with E-state index in [1.807, 2.05) is 13.1 Å². The number of fused-ring (bicyclic) bond motifs is 1. The lowest BCUT2D eigenvalue weighted by Crippen LogP contribution is -2.20. The molecule has 20 heavy (non-hydrogen) atoms. The highest BCUT2D eigenvalue weighted by molar-refractivity contribution is 9.10. The maximum absolute atomic E-state index is 5.69. The Kier molecular flexibility index (Phi) is 4.01. The zero-order valence-corrected chi connectivity index (χ0v) is 13.8. The summed E-state index contributed by atoms with van der Waals surface area (Å²) in [5, 5.41) is 7.76. The van der Waals surface area contributed by atoms with Crippen molar-refractivity contribution in [1.82, 2.24) is 5.32 Å². The summed E-state index contributed by atoms with van der Waals surface area (Å²) in [5.74, 6) is 1.63. The van der Waals surface area contributed by atoms with E-state index in [9.17, 15) is 0 Å². The smallest absolute Gasteiger partial charge is 0.162 e. The first-order valence-corrected chi connectivity index (χ1v) is 8.23. The van der Waals surface area contributed by atoms with Crippen molar-refractivity contribution in [3.05, 3.63) is 44.1 Å². The van der Waals surface area contributed by atoms with Crippen LogP contribution in [-0.2, 0) is 0 Å². The standard InChI is InChI=1S/C15H16BrNO2S/c1-9-7-20-8-11(9)15(17-2)10-5-13-14(6-12(10)16)19-4-3-18-13/h5-8,15,17H,3-4H2,1-2H3. The maximum Gasteiger partial charge on any atom is 0.162 e. The van der Waals surface area contributed by atoms with Gasteiger partial charge in [0, 0.05) is 4.47 Å². The van der Waals surface area contributed by atoms with E-state index in [0.29, 0.717) is 13.2 Å². The zero-order chi connectivity index (χ0) is 14.1. The fraction of sp³-hybridized carbons (Fsp3) is 0.333. The molecule has 2 aromatic rings. The molecule has 0 saturated carbocycles. The molecular weight excluding hydrogens is 338 g/mol. The van der Waals surface area contributed by atoms with Crippen LogP contribution in [0.5, 0.6) is 11.5 Å². The van der Waals surface area contributed by atoms with Crippen molar-refractivity contribution in [3.8, 4) is 11.5 Å². The Balaban J connectivity index is 2.06. The van der Waals surface area contributed by atoms with Gasteiger partial charge < -0.3 is 14.8 Å². The first kappa shape index (κ1) is 13.9. The number of hydrogen-bond donors (Lipinski definition) is 1. The van der Waals surface area contributed by atoms with Crippen LogP contribution in [-0.4, -0.2) is 20.3 Å². The third-order valence-corrected chi connectivity index (χ3v) is 5.03. The highest BCUT2D eigenvalue weighted by Crippen LogP contribution is 2.40. The van der Waals surface area contributed by atoms with Gasteiger partial charge >= 0.3 is 0 Å². The molecule has 0 fully saturated rings. The molecule has 0 amide bonds. The Morgan fingerprint density at radius 3 is 2.45 bits per heavy atom. The van der Waals surface area contributed by atoms with Gasteiger partial charge in [0.15, 0.2) is 11.5 Å². The summed E-state index contributed by atoms with van der Waals surface area (Å²) in [6, 6.07) is 4.21. The van der Waals surface area contributed by atoms with Crippen molar-refractivity contribution in [3.63, 3.8) is 0 Å². The average Bonchev–Trinajstić information content (AvgIpc) is 2.87. The van der Waals surface area contributed by atoms with Gasteiger partial charge in [-0.1, -0.05) is 15.9 Å². The molecule has 0 radical (unpaired) electrons. The lowest BCUT2D eigenvalue weighted by molar-refractivity contribution is 0.171. The molecule has 1 aliphatic rings. The maximum atomic E-state index is 5.69. The van der Waals surface area contributed by atoms with E-state index in [-0.39, 0.29) is 6.04 Å². The highest BCUT2D eigenvalue weighted by Gasteiger charge is 2.22. The molecular formula is C15H16BrNO2S. The average molecular weight is 354 g/mol. The normalized spacial score (nSPS) is 15.2. The van der Waals surface area contributed by atoms with E-state index in [4.69, 9.17) is 9.47 Å². The lowest BCUT2D eigenvalue weighted by Gasteiger charge is -2.23. The Labute approximate surface area is 131 Å². The quantitative estimate of drug-likeness (QED) is 0.907. The van der Waals surface area contributed by atoms with E-state index in [2.05, 4.69) is 45.0 Å². The van der Waals surface area contributed by atoms with E-state index < -0.39 is 0 Å². The van der Waals surface area contributed by atoms with Gasteiger partial charge in [-0.3, -0.25) is 0 Å². The molecule has 3 nitrogen and oxygen atoms in total. The van der Waals surface area contributed by atoms with Crippen LogP contribution in [0.15, 0.2) is 27.4 Å². The summed E-state index contributed by atoms with van der Waals surface area (Å²) in [5.41, 5.74) is 3.77. The third-order valence-electron chi connectivity index (χ3n) is 3.47. The predicted molar refractivity (Wildman–Crippen MR) is 85.1 cm³/mol. The molecule has 106 valence electrons. The van der Waals surface area contributed by atoms with Crippen LogP contribution < -0.4 is 14.8 Å². The summed E-state index contributed by atoms with van der Waals surface area (Å²) in [7, 11) is 1.98. The molecule has 0 spiro atoms. The molecule has 1 N–H and O–H groups in total. The minimum atomic E-state index is 0.145. The number of halogens is 1. The number of benzene rings is 1. The van der Waals surface area contributed by atoms with Crippen LogP contribution in [0.25, 0.3) is 0 Å². The molecule has 1 aliphatic heterocycles. The van der Waals surface area contributed by atoms with Crippen LogP contribution in [0.3, 0.4) is 0 Å². The zero-order valence-electron chi connectivity index (χ0n) is 11.4. The second-order valence-electron chi connectivity index (χ2n) is 4.75. The molecule has 5 heteroatoms. The first-order chi connectivity index (χ1) is 9.70. The van der Waals surface area contributed by atoms with Gasteiger partial charge in [-0.05, 0) is 53.6 Å². The van der Waals surface area contributed by atoms with Crippen molar-refractivity contribution in [2.24, 2.45) is 0 Å². The topological polar surface area (TPSA) is 30.5 Å². The first-order valence-electron chi connectivity index (χ1n) is 6.49. The molecule has 1 atom stereocenters. The minimum absolute atomic E-state index is 0.145. The van der Waals surface area contributed by atoms with Crippen LogP contribution in [0, 0.1) is 6.92 Å². The molecule has 1 aromatic carbocycles. The fourth-order valence-electron chi connectivity index (χ4n) is 2.45. The molecule has 1 aromatic heterocycles. The molecule has 2 heterocycles. The summed E-state index contributed by atoms with van der Waals surface area (Å²) >= 11 is 5.38. The predicted octanol–water partition coefficient (Wildman–Crippen LogP) is 3.90. The summed E-state index contributed by atoms with van der Waals surface area (Å²) < 4.78 is 12.3. The van der Waals surface area contributed by atoms with Gasteiger partial charge in [-0.15, -0.1) is 0 Å². The fourth-order valence-corrected chi connectivity index (χ4v) is 3.87. The molecule has 0 saturated heterocycles. The van der Waals surface area contributed by atoms with Gasteiger partial charge in [0.1, 0.15) is 13.2 Å². The number of thiophene rings is 1. The van der Waals surface area contributed by atoms with Gasteiger partial charge in [-0.2, -0.15) is 11.3 Å². The summed E-state index contributed by atoms with van der Waals surface area (Å²) in [4.78, 5) is 0. The van der Waals surface area contributed by atoms with Gasteiger partial charge in [0.2, 0.25) is 0 Å². The Morgan fingerprint density at radius 2 is 1.85 bits per heavy atom. The second-order valence-corrected chi connectivity index (χ2v) is 6.35. The molecule has 0 bridgehead atoms. The van der Waals surface area contributed by atoms with E-state index in [1.54, 1.807) is 11.3 Å². The SMILES string of the molecule is CNC(c1cscc1C)c1cc2c(cc1Br)OCCO2. The largest absolute Gasteiger partial charge is 0.486 e. The van der Waals surface area contributed by atoms with E-state index in [0.717, 1.165) is 16.0 Å². The van der Waals surface area contributed by atoms with Gasteiger partial charge in [0.25, 0.3) is 0 Å². The molecule has 0 aliphatic carbocycles. The van der Waals surface area contributed by atoms with Crippen molar-refractivity contribution < 1.29 is 9.47 Å². The lowest BCUT2D eigenvalue weighted by atomic mass is 9.98. The van der Waals surface area contributed by atoms with Crippen LogP contribution in [0.1, 0.15) is 22.7 Å². The van der Waals surface area contributed by atoms with Crippen molar-refractivity contribution >= 4 is 27.3 Å². The van der Waals surface area contributed by atoms with Crippen molar-refractivity contribution in [2.75, 3.05) is 20.3 Å². The van der Waals surface area contributed by atoms with Crippen LogP contribution in [0.2, 0.25) is 0 Å². The Hall–Kier alpha value is -1.04. The summed E-state index contributed by atoms with van der Waals surface area (Å²) in [6.07, 6.45) is 0. The number of aryl methyl sites for hydroxylation is 1. The number of hydrogen-bond acceptors (Lipinski definition) is 4. The van der Waals surface area contributed by atoms with Crippen LogP contribution in [0.4, 0.5) is 0 Å². The Morgan fingerprint density at radius 1 is 1.15 bits per heavy atom. The van der Waals surface area contributed by atoms with Gasteiger partial charge in [0.05, 0.1) is 6.04 Å². The van der Waals surface area contributed by atoms with Gasteiger partial charge in [-0.25, -0.2) is 0 Å². The van der Waals surface area contributed by atoms with E-state index in [1.165, 1.54) is 16.7 Å². The van der Waals surface area contributed by atoms with Crippen molar-refractivity contribution in [1.29, 1.82) is 0 Å². The minimum Gasteiger partial charge on any atom is -0.486 e. The highest BCUT2D eigenvalue weighted by atomic mass is 79.9. The summed E-state index contributed by atoms with van der Waals surface area (Å²) in [6.45, 7) is 3.36. The third kappa shape index (κ3) is 2.45. The molecule has 1 unspecified atom stereocenters. The second kappa shape index (κ2) is 5.76. The monoisotopic (exact) mass is 353 g/mol. The molecule has 3 rings (SSSR count).